The molecule has 31 heavy (non-hydrogen) atoms. The van der Waals surface area contributed by atoms with E-state index in [0.29, 0.717) is 6.04 Å². The Labute approximate surface area is 196 Å². The number of unbranched alkanes of at least 4 members (excludes halogenated alkanes) is 4. The first-order valence-corrected chi connectivity index (χ1v) is 12.6. The van der Waals surface area contributed by atoms with Crippen LogP contribution in [0, 0.1) is 0 Å². The molecular weight excluding hydrogens is 382 g/mol. The van der Waals surface area contributed by atoms with Gasteiger partial charge < -0.3 is 20.7 Å². The monoisotopic (exact) mass is 439 g/mol. The Kier molecular flexibility index (Phi) is 34.6. The van der Waals surface area contributed by atoms with Crippen LogP contribution < -0.4 is 11.1 Å². The van der Waals surface area contributed by atoms with Crippen LogP contribution in [0.25, 0.3) is 0 Å². The van der Waals surface area contributed by atoms with Gasteiger partial charge in [-0.2, -0.15) is 0 Å². The molecule has 0 aliphatic carbocycles. The highest BCUT2D eigenvalue weighted by molar-refractivity contribution is 5.05. The minimum atomic E-state index is 0.673. The number of allylic oxidation sites excluding steroid dienone is 4. The van der Waals surface area contributed by atoms with Crippen LogP contribution in [-0.4, -0.2) is 50.8 Å². The fourth-order valence-corrected chi connectivity index (χ4v) is 2.91. The van der Waals surface area contributed by atoms with Crippen molar-refractivity contribution in [2.75, 3.05) is 39.8 Å². The Bertz CT molecular complexity index is 390. The highest BCUT2D eigenvalue weighted by atomic mass is 16.5. The van der Waals surface area contributed by atoms with Crippen molar-refractivity contribution < 1.29 is 4.74 Å². The first-order valence-electron chi connectivity index (χ1n) is 12.6. The van der Waals surface area contributed by atoms with Crippen molar-refractivity contribution in [3.63, 3.8) is 0 Å². The van der Waals surface area contributed by atoms with E-state index in [9.17, 15) is 0 Å². The molecule has 3 N–H and O–H groups in total. The normalized spacial score (nSPS) is 11.8. The zero-order chi connectivity index (χ0) is 24.2. The van der Waals surface area contributed by atoms with Crippen LogP contribution in [0.15, 0.2) is 36.6 Å². The Balaban J connectivity index is -0.00000116. The summed E-state index contributed by atoms with van der Waals surface area (Å²) in [4.78, 5) is 2.70. The molecule has 0 bridgehead atoms. The molecule has 0 aromatic rings. The summed E-state index contributed by atoms with van der Waals surface area (Å²) in [6.07, 6.45) is 18.1. The summed E-state index contributed by atoms with van der Waals surface area (Å²) in [5, 5.41) is 3.56. The largest absolute Gasteiger partial charge is 0.494 e. The van der Waals surface area contributed by atoms with Gasteiger partial charge in [0.05, 0.1) is 6.61 Å². The first-order chi connectivity index (χ1) is 15.1. The van der Waals surface area contributed by atoms with Gasteiger partial charge in [-0.15, -0.1) is 0 Å². The summed E-state index contributed by atoms with van der Waals surface area (Å²) >= 11 is 0. The fourth-order valence-electron chi connectivity index (χ4n) is 2.91. The summed E-state index contributed by atoms with van der Waals surface area (Å²) in [5.74, 6) is 0.755. The summed E-state index contributed by atoms with van der Waals surface area (Å²) in [6.45, 7) is 22.2. The second-order valence-electron chi connectivity index (χ2n) is 7.67. The van der Waals surface area contributed by atoms with Gasteiger partial charge in [0.25, 0.3) is 0 Å². The smallest absolute Gasteiger partial charge is 0.111 e. The second kappa shape index (κ2) is 31.1. The van der Waals surface area contributed by atoms with Crippen LogP contribution in [0.1, 0.15) is 92.9 Å². The molecule has 0 fully saturated rings. The predicted molar refractivity (Wildman–Crippen MR) is 143 cm³/mol. The predicted octanol–water partition coefficient (Wildman–Crippen LogP) is 6.69. The molecule has 0 radical (unpaired) electrons. The van der Waals surface area contributed by atoms with Gasteiger partial charge in [-0.3, -0.25) is 0 Å². The van der Waals surface area contributed by atoms with Crippen molar-refractivity contribution in [3.8, 4) is 0 Å². The molecule has 0 heterocycles. The van der Waals surface area contributed by atoms with E-state index in [2.05, 4.69) is 43.3 Å². The minimum Gasteiger partial charge on any atom is -0.494 e. The molecule has 1 atom stereocenters. The topological polar surface area (TPSA) is 50.5 Å². The van der Waals surface area contributed by atoms with Crippen molar-refractivity contribution in [2.45, 2.75) is 99.0 Å². The van der Waals surface area contributed by atoms with E-state index in [4.69, 9.17) is 4.74 Å². The zero-order valence-electron chi connectivity index (χ0n) is 22.2. The van der Waals surface area contributed by atoms with Crippen LogP contribution >= 0.6 is 0 Å². The van der Waals surface area contributed by atoms with E-state index in [0.717, 1.165) is 31.9 Å². The average molecular weight is 440 g/mol. The minimum absolute atomic E-state index is 0.673. The van der Waals surface area contributed by atoms with Gasteiger partial charge in [-0.25, -0.2) is 0 Å². The number of nitrogens with one attached hydrogen (secondary N) is 1. The average Bonchev–Trinajstić information content (AvgIpc) is 2.79. The SMILES string of the molecule is C/C=C/C.C=C(/C=C\C)OCCCNCCC(C)N(CCCC)CCCCCC.CN. The fraction of sp³-hybridized carbons (Fsp3) is 0.778. The highest BCUT2D eigenvalue weighted by Gasteiger charge is 2.12. The van der Waals surface area contributed by atoms with Crippen molar-refractivity contribution in [1.29, 1.82) is 0 Å². The van der Waals surface area contributed by atoms with E-state index in [1.807, 2.05) is 45.1 Å². The molecule has 1 unspecified atom stereocenters. The molecular formula is C27H57N3O. The number of nitrogens with two attached hydrogens (primary N) is 1. The van der Waals surface area contributed by atoms with Crippen LogP contribution in [0.3, 0.4) is 0 Å². The van der Waals surface area contributed by atoms with E-state index >= 15 is 0 Å². The molecule has 0 amide bonds. The standard InChI is InChI=1S/C22H44N2O.C4H8.CH5N/c1-6-9-11-12-19-24(18-10-7-2)21(4)15-17-23-16-13-20-25-22(5)14-8-3;1-3-4-2;1-2/h8,14,21,23H,5-7,9-13,15-20H2,1-4H3;3-4H,1-2H3;2H2,1H3/b14-8-;4-3+;. The van der Waals surface area contributed by atoms with Gasteiger partial charge in [0.15, 0.2) is 0 Å². The number of ether oxygens (including phenoxy) is 1. The van der Waals surface area contributed by atoms with Gasteiger partial charge in [0.1, 0.15) is 5.76 Å². The maximum atomic E-state index is 5.53. The molecule has 0 aromatic heterocycles. The number of rotatable bonds is 18. The molecule has 0 aliphatic rings. The van der Waals surface area contributed by atoms with Crippen molar-refractivity contribution in [2.24, 2.45) is 5.73 Å². The lowest BCUT2D eigenvalue weighted by Crippen LogP contribution is -2.37. The molecule has 0 saturated heterocycles. The first kappa shape index (κ1) is 34.5. The molecule has 0 aliphatic heterocycles. The lowest BCUT2D eigenvalue weighted by atomic mass is 10.1. The molecule has 0 saturated carbocycles. The van der Waals surface area contributed by atoms with Crippen LogP contribution in [0.5, 0.6) is 0 Å². The van der Waals surface area contributed by atoms with Crippen LogP contribution in [0.4, 0.5) is 0 Å². The molecule has 4 heteroatoms. The molecule has 0 spiro atoms. The Morgan fingerprint density at radius 2 is 1.52 bits per heavy atom. The molecule has 4 nitrogen and oxygen atoms in total. The Morgan fingerprint density at radius 3 is 2.06 bits per heavy atom. The molecule has 0 aromatic carbocycles. The van der Waals surface area contributed by atoms with E-state index in [1.54, 1.807) is 0 Å². The lowest BCUT2D eigenvalue weighted by molar-refractivity contribution is 0.190. The summed E-state index contributed by atoms with van der Waals surface area (Å²) < 4.78 is 5.53. The van der Waals surface area contributed by atoms with Gasteiger partial charge in [0.2, 0.25) is 0 Å². The van der Waals surface area contributed by atoms with Gasteiger partial charge in [-0.05, 0) is 92.7 Å². The summed E-state index contributed by atoms with van der Waals surface area (Å²) in [5.41, 5.74) is 4.50. The lowest BCUT2D eigenvalue weighted by Gasteiger charge is -2.29. The van der Waals surface area contributed by atoms with Crippen LogP contribution in [0.2, 0.25) is 0 Å². The van der Waals surface area contributed by atoms with Gasteiger partial charge in [-0.1, -0.05) is 64.3 Å². The summed E-state index contributed by atoms with van der Waals surface area (Å²) in [6, 6.07) is 0.673. The third kappa shape index (κ3) is 28.9. The quantitative estimate of drug-likeness (QED) is 0.108. The van der Waals surface area contributed by atoms with Gasteiger partial charge in [0, 0.05) is 6.04 Å². The van der Waals surface area contributed by atoms with E-state index in [1.165, 1.54) is 65.1 Å². The third-order valence-corrected chi connectivity index (χ3v) is 4.93. The third-order valence-electron chi connectivity index (χ3n) is 4.93. The van der Waals surface area contributed by atoms with E-state index in [-0.39, 0.29) is 0 Å². The van der Waals surface area contributed by atoms with Crippen molar-refractivity contribution in [1.82, 2.24) is 10.2 Å². The number of nitrogens with zero attached hydrogens (tertiary/aromatic N) is 1. The van der Waals surface area contributed by atoms with E-state index < -0.39 is 0 Å². The highest BCUT2D eigenvalue weighted by Crippen LogP contribution is 2.09. The second-order valence-corrected chi connectivity index (χ2v) is 7.67. The van der Waals surface area contributed by atoms with Crippen molar-refractivity contribution in [3.05, 3.63) is 36.6 Å². The maximum absolute atomic E-state index is 5.53. The Morgan fingerprint density at radius 1 is 0.903 bits per heavy atom. The maximum Gasteiger partial charge on any atom is 0.111 e. The number of hydrogen-bond donors (Lipinski definition) is 2. The van der Waals surface area contributed by atoms with Crippen LogP contribution in [-0.2, 0) is 4.74 Å². The van der Waals surface area contributed by atoms with Gasteiger partial charge >= 0.3 is 0 Å². The molecule has 186 valence electrons. The zero-order valence-corrected chi connectivity index (χ0v) is 22.2. The number of hydrogen-bond acceptors (Lipinski definition) is 4. The summed E-state index contributed by atoms with van der Waals surface area (Å²) in [7, 11) is 1.50. The Hall–Kier alpha value is -1.10. The molecule has 0 rings (SSSR count). The van der Waals surface area contributed by atoms with Crippen molar-refractivity contribution >= 4 is 0 Å².